The summed E-state index contributed by atoms with van der Waals surface area (Å²) in [6.07, 6.45) is 0. The van der Waals surface area contributed by atoms with Crippen molar-refractivity contribution in [2.45, 2.75) is 13.5 Å². The highest BCUT2D eigenvalue weighted by molar-refractivity contribution is 5.64. The van der Waals surface area contributed by atoms with Crippen molar-refractivity contribution in [3.63, 3.8) is 0 Å². The van der Waals surface area contributed by atoms with Crippen molar-refractivity contribution in [2.75, 3.05) is 6.61 Å². The summed E-state index contributed by atoms with van der Waals surface area (Å²) in [6.45, 7) is 3.00. The minimum atomic E-state index is 0.326. The Bertz CT molecular complexity index is 834. The average molecular weight is 304 g/mol. The van der Waals surface area contributed by atoms with Crippen LogP contribution in [0.1, 0.15) is 11.3 Å². The zero-order valence-electron chi connectivity index (χ0n) is 12.8. The van der Waals surface area contributed by atoms with Gasteiger partial charge < -0.3 is 4.74 Å². The van der Waals surface area contributed by atoms with Gasteiger partial charge >= 0.3 is 0 Å². The lowest BCUT2D eigenvalue weighted by Gasteiger charge is -2.09. The molecular weight excluding hydrogens is 288 g/mol. The molecule has 1 heterocycles. The summed E-state index contributed by atoms with van der Waals surface area (Å²) >= 11 is 0. The van der Waals surface area contributed by atoms with Gasteiger partial charge in [0.15, 0.2) is 5.69 Å². The molecule has 5 heteroatoms. The van der Waals surface area contributed by atoms with Crippen molar-refractivity contribution in [1.29, 1.82) is 5.26 Å². The van der Waals surface area contributed by atoms with Crippen molar-refractivity contribution in [1.82, 2.24) is 15.0 Å². The van der Waals surface area contributed by atoms with Crippen LogP contribution in [0.5, 0.6) is 5.75 Å². The second kappa shape index (κ2) is 6.75. The molecule has 0 aliphatic rings. The Balaban J connectivity index is 1.76. The molecule has 3 rings (SSSR count). The lowest BCUT2D eigenvalue weighted by Crippen LogP contribution is -2.11. The Morgan fingerprint density at radius 1 is 1.13 bits per heavy atom. The third-order valence-electron chi connectivity index (χ3n) is 3.45. The van der Waals surface area contributed by atoms with Gasteiger partial charge in [-0.2, -0.15) is 5.26 Å². The predicted molar refractivity (Wildman–Crippen MR) is 86.8 cm³/mol. The molecule has 0 aliphatic heterocycles. The largest absolute Gasteiger partial charge is 0.492 e. The Labute approximate surface area is 134 Å². The van der Waals surface area contributed by atoms with Gasteiger partial charge in [-0.05, 0) is 24.6 Å². The molecule has 0 radical (unpaired) electrons. The maximum absolute atomic E-state index is 9.23. The molecule has 0 amide bonds. The molecule has 0 N–H and O–H groups in total. The van der Waals surface area contributed by atoms with Gasteiger partial charge in [0, 0.05) is 5.56 Å². The van der Waals surface area contributed by atoms with E-state index in [4.69, 9.17) is 4.74 Å². The van der Waals surface area contributed by atoms with E-state index in [1.807, 2.05) is 61.5 Å². The van der Waals surface area contributed by atoms with Crippen molar-refractivity contribution < 1.29 is 4.74 Å². The predicted octanol–water partition coefficient (Wildman–Crippen LogP) is 3.20. The van der Waals surface area contributed by atoms with Crippen molar-refractivity contribution in [3.05, 3.63) is 65.9 Å². The third-order valence-corrected chi connectivity index (χ3v) is 3.45. The van der Waals surface area contributed by atoms with Crippen molar-refractivity contribution in [3.8, 4) is 23.1 Å². The van der Waals surface area contributed by atoms with Crippen LogP contribution in [-0.2, 0) is 6.54 Å². The van der Waals surface area contributed by atoms with Crippen LogP contribution in [0, 0.1) is 18.3 Å². The maximum atomic E-state index is 9.23. The number of benzene rings is 2. The van der Waals surface area contributed by atoms with Gasteiger partial charge in [-0.25, -0.2) is 4.68 Å². The van der Waals surface area contributed by atoms with E-state index < -0.39 is 0 Å². The fourth-order valence-electron chi connectivity index (χ4n) is 2.38. The van der Waals surface area contributed by atoms with E-state index in [0.717, 1.165) is 22.6 Å². The first-order valence-electron chi connectivity index (χ1n) is 7.36. The Kier molecular flexibility index (Phi) is 4.34. The molecule has 3 aromatic rings. The highest BCUT2D eigenvalue weighted by atomic mass is 16.5. The SMILES string of the molecule is Cc1cccc(OCCn2nnc(C#N)c2-c2ccccc2)c1. The number of hydrogen-bond acceptors (Lipinski definition) is 4. The van der Waals surface area contributed by atoms with Crippen molar-refractivity contribution >= 4 is 0 Å². The maximum Gasteiger partial charge on any atom is 0.190 e. The Hall–Kier alpha value is -3.13. The van der Waals surface area contributed by atoms with Crippen LogP contribution >= 0.6 is 0 Å². The summed E-state index contributed by atoms with van der Waals surface area (Å²) in [7, 11) is 0. The summed E-state index contributed by atoms with van der Waals surface area (Å²) < 4.78 is 7.46. The molecule has 0 unspecified atom stereocenters. The number of aryl methyl sites for hydroxylation is 1. The number of aromatic nitrogens is 3. The minimum absolute atomic E-state index is 0.326. The number of ether oxygens (including phenoxy) is 1. The molecule has 0 bridgehead atoms. The molecular formula is C18H16N4O. The van der Waals surface area contributed by atoms with Gasteiger partial charge in [-0.15, -0.1) is 5.10 Å². The molecule has 114 valence electrons. The monoisotopic (exact) mass is 304 g/mol. The van der Waals surface area contributed by atoms with E-state index in [-0.39, 0.29) is 0 Å². The molecule has 5 nitrogen and oxygen atoms in total. The van der Waals surface area contributed by atoms with Crippen LogP contribution in [0.25, 0.3) is 11.3 Å². The Morgan fingerprint density at radius 2 is 1.96 bits per heavy atom. The number of nitrogens with zero attached hydrogens (tertiary/aromatic N) is 4. The highest BCUT2D eigenvalue weighted by Gasteiger charge is 2.14. The molecule has 0 aliphatic carbocycles. The number of rotatable bonds is 5. The van der Waals surface area contributed by atoms with E-state index in [1.54, 1.807) is 4.68 Å². The topological polar surface area (TPSA) is 63.7 Å². The lowest BCUT2D eigenvalue weighted by atomic mass is 10.1. The smallest absolute Gasteiger partial charge is 0.190 e. The molecule has 2 aromatic carbocycles. The molecule has 0 atom stereocenters. The summed E-state index contributed by atoms with van der Waals surface area (Å²) in [4.78, 5) is 0. The third kappa shape index (κ3) is 3.38. The normalized spacial score (nSPS) is 10.3. The highest BCUT2D eigenvalue weighted by Crippen LogP contribution is 2.21. The summed E-state index contributed by atoms with van der Waals surface area (Å²) in [5.41, 5.74) is 3.12. The zero-order valence-corrected chi connectivity index (χ0v) is 12.8. The zero-order chi connectivity index (χ0) is 16.1. The first-order valence-corrected chi connectivity index (χ1v) is 7.36. The standard InChI is InChI=1S/C18H16N4O/c1-14-6-5-9-16(12-14)23-11-10-22-18(17(13-19)20-21-22)15-7-3-2-4-8-15/h2-9,12H,10-11H2,1H3. The second-order valence-electron chi connectivity index (χ2n) is 5.15. The van der Waals surface area contributed by atoms with Crippen LogP contribution in [0.15, 0.2) is 54.6 Å². The first kappa shape index (κ1) is 14.8. The van der Waals surface area contributed by atoms with Crippen LogP contribution in [-0.4, -0.2) is 21.6 Å². The molecule has 0 saturated heterocycles. The van der Waals surface area contributed by atoms with Gasteiger partial charge in [-0.3, -0.25) is 0 Å². The minimum Gasteiger partial charge on any atom is -0.492 e. The number of hydrogen-bond donors (Lipinski definition) is 0. The molecule has 23 heavy (non-hydrogen) atoms. The van der Waals surface area contributed by atoms with E-state index in [9.17, 15) is 5.26 Å². The number of nitriles is 1. The summed E-state index contributed by atoms with van der Waals surface area (Å²) in [6, 6.07) is 19.7. The van der Waals surface area contributed by atoms with Gasteiger partial charge in [0.25, 0.3) is 0 Å². The second-order valence-corrected chi connectivity index (χ2v) is 5.15. The summed E-state index contributed by atoms with van der Waals surface area (Å²) in [5.74, 6) is 0.826. The lowest BCUT2D eigenvalue weighted by molar-refractivity contribution is 0.290. The van der Waals surface area contributed by atoms with Gasteiger partial charge in [0.1, 0.15) is 24.1 Å². The quantitative estimate of drug-likeness (QED) is 0.726. The van der Waals surface area contributed by atoms with Crippen molar-refractivity contribution in [2.24, 2.45) is 0 Å². The summed E-state index contributed by atoms with van der Waals surface area (Å²) in [5, 5.41) is 17.3. The van der Waals surface area contributed by atoms with Crippen LogP contribution in [0.4, 0.5) is 0 Å². The fraction of sp³-hybridized carbons (Fsp3) is 0.167. The van der Waals surface area contributed by atoms with Crippen LogP contribution < -0.4 is 4.74 Å². The average Bonchev–Trinajstić information content (AvgIpc) is 2.99. The van der Waals surface area contributed by atoms with Gasteiger partial charge in [-0.1, -0.05) is 47.7 Å². The Morgan fingerprint density at radius 3 is 2.70 bits per heavy atom. The van der Waals surface area contributed by atoms with E-state index >= 15 is 0 Å². The van der Waals surface area contributed by atoms with E-state index in [2.05, 4.69) is 16.4 Å². The van der Waals surface area contributed by atoms with Gasteiger partial charge in [0.05, 0.1) is 6.54 Å². The molecule has 1 aromatic heterocycles. The molecule has 0 fully saturated rings. The van der Waals surface area contributed by atoms with E-state index in [0.29, 0.717) is 18.8 Å². The van der Waals surface area contributed by atoms with Crippen LogP contribution in [0.3, 0.4) is 0 Å². The van der Waals surface area contributed by atoms with Crippen LogP contribution in [0.2, 0.25) is 0 Å². The molecule has 0 saturated carbocycles. The van der Waals surface area contributed by atoms with E-state index in [1.165, 1.54) is 0 Å². The van der Waals surface area contributed by atoms with Gasteiger partial charge in [0.2, 0.25) is 0 Å². The first-order chi connectivity index (χ1) is 11.3. The fourth-order valence-corrected chi connectivity index (χ4v) is 2.38. The molecule has 0 spiro atoms.